The normalized spacial score (nSPS) is 10.3. The number of carbonyl (C=O) groups is 1. The van der Waals surface area contributed by atoms with Crippen LogP contribution < -0.4 is 10.6 Å². The van der Waals surface area contributed by atoms with E-state index in [9.17, 15) is 4.79 Å². The van der Waals surface area contributed by atoms with Crippen molar-refractivity contribution in [2.45, 2.75) is 13.5 Å². The number of hydrogen-bond donors (Lipinski definition) is 2. The Hall–Kier alpha value is -1.91. The molecule has 1 aromatic heterocycles. The fraction of sp³-hybridized carbons (Fsp3) is 0.200. The molecule has 5 heteroatoms. The lowest BCUT2D eigenvalue weighted by atomic mass is 10.2. The summed E-state index contributed by atoms with van der Waals surface area (Å²) in [5, 5.41) is 6.44. The molecule has 0 saturated carbocycles. The number of nitrogens with one attached hydrogen (secondary N) is 2. The Morgan fingerprint density at radius 1 is 1.30 bits per heavy atom. The summed E-state index contributed by atoms with van der Waals surface area (Å²) in [6.45, 7) is 2.79. The van der Waals surface area contributed by atoms with Crippen LogP contribution in [-0.4, -0.2) is 17.4 Å². The van der Waals surface area contributed by atoms with Crippen LogP contribution in [0.4, 0.5) is 5.69 Å². The minimum atomic E-state index is -0.110. The van der Waals surface area contributed by atoms with E-state index in [1.54, 1.807) is 30.5 Å². The van der Waals surface area contributed by atoms with Gasteiger partial charge in [-0.05, 0) is 36.8 Å². The van der Waals surface area contributed by atoms with Gasteiger partial charge < -0.3 is 10.6 Å². The summed E-state index contributed by atoms with van der Waals surface area (Å²) in [5.41, 5.74) is 2.75. The topological polar surface area (TPSA) is 54.0 Å². The van der Waals surface area contributed by atoms with Crippen molar-refractivity contribution in [2.24, 2.45) is 0 Å². The molecule has 1 amide bonds. The van der Waals surface area contributed by atoms with E-state index in [-0.39, 0.29) is 12.5 Å². The average Bonchev–Trinajstić information content (AvgIpc) is 2.41. The van der Waals surface area contributed by atoms with E-state index in [1.165, 1.54) is 0 Å². The van der Waals surface area contributed by atoms with E-state index in [1.807, 2.05) is 19.1 Å². The molecule has 0 unspecified atom stereocenters. The number of rotatable bonds is 5. The van der Waals surface area contributed by atoms with Crippen molar-refractivity contribution < 1.29 is 4.79 Å². The average molecular weight is 290 g/mol. The quantitative estimate of drug-likeness (QED) is 0.890. The van der Waals surface area contributed by atoms with Gasteiger partial charge in [0.2, 0.25) is 5.91 Å². The molecule has 1 aromatic carbocycles. The van der Waals surface area contributed by atoms with Crippen LogP contribution in [-0.2, 0) is 11.3 Å². The Labute approximate surface area is 123 Å². The number of hydrogen-bond acceptors (Lipinski definition) is 3. The van der Waals surface area contributed by atoms with Crippen LogP contribution in [0, 0.1) is 6.92 Å². The first-order valence-corrected chi connectivity index (χ1v) is 6.69. The van der Waals surface area contributed by atoms with Crippen LogP contribution in [0.5, 0.6) is 0 Å². The summed E-state index contributed by atoms with van der Waals surface area (Å²) in [4.78, 5) is 16.0. The molecule has 0 aliphatic carbocycles. The van der Waals surface area contributed by atoms with E-state index >= 15 is 0 Å². The van der Waals surface area contributed by atoms with Crippen LogP contribution >= 0.6 is 11.6 Å². The van der Waals surface area contributed by atoms with Crippen LogP contribution in [0.1, 0.15) is 11.3 Å². The van der Waals surface area contributed by atoms with E-state index in [4.69, 9.17) is 11.6 Å². The summed E-state index contributed by atoms with van der Waals surface area (Å²) in [6.07, 6.45) is 1.75. The lowest BCUT2D eigenvalue weighted by molar-refractivity contribution is -0.115. The second-order valence-corrected chi connectivity index (χ2v) is 4.87. The van der Waals surface area contributed by atoms with Crippen molar-refractivity contribution in [2.75, 3.05) is 11.9 Å². The lowest BCUT2D eigenvalue weighted by Gasteiger charge is -2.08. The number of anilines is 1. The standard InChI is InChI=1S/C15H16ClN3O/c1-11-4-3-7-18-14(11)9-17-10-15(20)19-13-6-2-5-12(16)8-13/h2-8,17H,9-10H2,1H3,(H,19,20). The summed E-state index contributed by atoms with van der Waals surface area (Å²) in [5.74, 6) is -0.110. The van der Waals surface area contributed by atoms with Gasteiger partial charge in [0, 0.05) is 23.5 Å². The zero-order valence-corrected chi connectivity index (χ0v) is 11.9. The fourth-order valence-corrected chi connectivity index (χ4v) is 1.96. The minimum Gasteiger partial charge on any atom is -0.325 e. The third kappa shape index (κ3) is 4.33. The SMILES string of the molecule is Cc1cccnc1CNCC(=O)Nc1cccc(Cl)c1. The van der Waals surface area contributed by atoms with Crippen molar-refractivity contribution in [3.8, 4) is 0 Å². The van der Waals surface area contributed by atoms with Gasteiger partial charge in [0.25, 0.3) is 0 Å². The van der Waals surface area contributed by atoms with E-state index in [0.29, 0.717) is 17.3 Å². The third-order valence-electron chi connectivity index (χ3n) is 2.80. The van der Waals surface area contributed by atoms with Crippen LogP contribution in [0.25, 0.3) is 0 Å². The number of nitrogens with zero attached hydrogens (tertiary/aromatic N) is 1. The number of aryl methyl sites for hydroxylation is 1. The first kappa shape index (κ1) is 14.5. The third-order valence-corrected chi connectivity index (χ3v) is 3.04. The van der Waals surface area contributed by atoms with Crippen LogP contribution in [0.15, 0.2) is 42.6 Å². The van der Waals surface area contributed by atoms with Gasteiger partial charge in [0.1, 0.15) is 0 Å². The van der Waals surface area contributed by atoms with Gasteiger partial charge in [0.15, 0.2) is 0 Å². The Morgan fingerprint density at radius 2 is 2.15 bits per heavy atom. The number of benzene rings is 1. The molecule has 20 heavy (non-hydrogen) atoms. The molecule has 2 N–H and O–H groups in total. The highest BCUT2D eigenvalue weighted by atomic mass is 35.5. The molecule has 2 rings (SSSR count). The molecule has 0 atom stereocenters. The van der Waals surface area contributed by atoms with Crippen LogP contribution in [0.2, 0.25) is 5.02 Å². The lowest BCUT2D eigenvalue weighted by Crippen LogP contribution is -2.28. The number of aromatic nitrogens is 1. The van der Waals surface area contributed by atoms with Crippen molar-refractivity contribution in [3.05, 3.63) is 58.9 Å². The minimum absolute atomic E-state index is 0.110. The van der Waals surface area contributed by atoms with E-state index in [2.05, 4.69) is 15.6 Å². The van der Waals surface area contributed by atoms with Gasteiger partial charge in [-0.2, -0.15) is 0 Å². The van der Waals surface area contributed by atoms with Gasteiger partial charge in [-0.3, -0.25) is 9.78 Å². The Balaban J connectivity index is 1.80. The highest BCUT2D eigenvalue weighted by Crippen LogP contribution is 2.14. The Bertz CT molecular complexity index is 601. The molecule has 0 fully saturated rings. The first-order chi connectivity index (χ1) is 9.65. The van der Waals surface area contributed by atoms with Crippen molar-refractivity contribution in [3.63, 3.8) is 0 Å². The molecule has 0 bridgehead atoms. The molecular formula is C15H16ClN3O. The molecule has 104 valence electrons. The predicted molar refractivity (Wildman–Crippen MR) is 80.8 cm³/mol. The monoisotopic (exact) mass is 289 g/mol. The maximum absolute atomic E-state index is 11.8. The smallest absolute Gasteiger partial charge is 0.238 e. The number of halogens is 1. The van der Waals surface area contributed by atoms with Crippen molar-refractivity contribution in [1.29, 1.82) is 0 Å². The first-order valence-electron chi connectivity index (χ1n) is 6.32. The van der Waals surface area contributed by atoms with Gasteiger partial charge in [-0.15, -0.1) is 0 Å². The number of carbonyl (C=O) groups excluding carboxylic acids is 1. The fourth-order valence-electron chi connectivity index (χ4n) is 1.77. The molecule has 4 nitrogen and oxygen atoms in total. The zero-order valence-electron chi connectivity index (χ0n) is 11.2. The van der Waals surface area contributed by atoms with Gasteiger partial charge >= 0.3 is 0 Å². The Kier molecular flexibility index (Phi) is 5.09. The van der Waals surface area contributed by atoms with E-state index < -0.39 is 0 Å². The molecule has 0 aliphatic rings. The number of pyridine rings is 1. The largest absolute Gasteiger partial charge is 0.325 e. The highest BCUT2D eigenvalue weighted by Gasteiger charge is 2.03. The second kappa shape index (κ2) is 7.03. The molecule has 2 aromatic rings. The summed E-state index contributed by atoms with van der Waals surface area (Å²) >= 11 is 5.85. The van der Waals surface area contributed by atoms with Crippen molar-refractivity contribution in [1.82, 2.24) is 10.3 Å². The summed E-state index contributed by atoms with van der Waals surface area (Å²) in [7, 11) is 0. The summed E-state index contributed by atoms with van der Waals surface area (Å²) < 4.78 is 0. The predicted octanol–water partition coefficient (Wildman–Crippen LogP) is 2.77. The van der Waals surface area contributed by atoms with Crippen LogP contribution in [0.3, 0.4) is 0 Å². The van der Waals surface area contributed by atoms with Gasteiger partial charge in [-0.1, -0.05) is 23.7 Å². The Morgan fingerprint density at radius 3 is 2.90 bits per heavy atom. The highest BCUT2D eigenvalue weighted by molar-refractivity contribution is 6.30. The van der Waals surface area contributed by atoms with E-state index in [0.717, 1.165) is 11.3 Å². The zero-order chi connectivity index (χ0) is 14.4. The molecule has 0 aliphatic heterocycles. The second-order valence-electron chi connectivity index (χ2n) is 4.43. The van der Waals surface area contributed by atoms with Gasteiger partial charge in [-0.25, -0.2) is 0 Å². The molecule has 1 heterocycles. The molecular weight excluding hydrogens is 274 g/mol. The molecule has 0 spiro atoms. The maximum Gasteiger partial charge on any atom is 0.238 e. The van der Waals surface area contributed by atoms with Crippen molar-refractivity contribution >= 4 is 23.2 Å². The summed E-state index contributed by atoms with van der Waals surface area (Å²) in [6, 6.07) is 11.0. The molecule has 0 radical (unpaired) electrons. The number of amides is 1. The maximum atomic E-state index is 11.8. The molecule has 0 saturated heterocycles. The van der Waals surface area contributed by atoms with Gasteiger partial charge in [0.05, 0.1) is 12.2 Å².